The van der Waals surface area contributed by atoms with Crippen molar-refractivity contribution in [3.63, 3.8) is 0 Å². The molecule has 1 aromatic rings. The van der Waals surface area contributed by atoms with Crippen LogP contribution in [-0.2, 0) is 5.54 Å². The van der Waals surface area contributed by atoms with Crippen LogP contribution >= 0.6 is 0 Å². The highest BCUT2D eigenvalue weighted by atomic mass is 14.8. The zero-order valence-electron chi connectivity index (χ0n) is 9.66. The second kappa shape index (κ2) is 3.93. The summed E-state index contributed by atoms with van der Waals surface area (Å²) in [5, 5.41) is 0. The molecule has 1 saturated carbocycles. The predicted molar refractivity (Wildman–Crippen MR) is 62.7 cm³/mol. The van der Waals surface area contributed by atoms with Crippen LogP contribution in [0.4, 0.5) is 0 Å². The van der Waals surface area contributed by atoms with Crippen molar-refractivity contribution in [2.75, 3.05) is 0 Å². The Balaban J connectivity index is 2.42. The summed E-state index contributed by atoms with van der Waals surface area (Å²) in [5.74, 6) is 0.509. The molecule has 1 fully saturated rings. The molecule has 1 heterocycles. The molecule has 0 unspecified atom stereocenters. The number of nitrogens with two attached hydrogens (primary N) is 1. The molecule has 2 heteroatoms. The summed E-state index contributed by atoms with van der Waals surface area (Å²) in [6.07, 6.45) is 6.52. The standard InChI is InChI=1S/C13H20N2/c1-10(2)11-6-5-9-15-12(11)13(14)7-3-4-8-13/h5-6,9-10H,3-4,7-8,14H2,1-2H3. The molecule has 2 nitrogen and oxygen atoms in total. The van der Waals surface area contributed by atoms with Crippen LogP contribution in [0.25, 0.3) is 0 Å². The third-order valence-electron chi connectivity index (χ3n) is 3.43. The third kappa shape index (κ3) is 1.91. The lowest BCUT2D eigenvalue weighted by Crippen LogP contribution is -2.35. The van der Waals surface area contributed by atoms with E-state index in [0.29, 0.717) is 5.92 Å². The molecule has 82 valence electrons. The van der Waals surface area contributed by atoms with E-state index in [1.807, 2.05) is 12.3 Å². The molecule has 0 aromatic carbocycles. The molecule has 2 N–H and O–H groups in total. The van der Waals surface area contributed by atoms with E-state index in [0.717, 1.165) is 18.5 Å². The van der Waals surface area contributed by atoms with Crippen LogP contribution in [0.3, 0.4) is 0 Å². The molecular formula is C13H20N2. The Kier molecular flexibility index (Phi) is 2.79. The minimum absolute atomic E-state index is 0.152. The van der Waals surface area contributed by atoms with Gasteiger partial charge in [0.1, 0.15) is 0 Å². The van der Waals surface area contributed by atoms with Gasteiger partial charge in [-0.25, -0.2) is 0 Å². The summed E-state index contributed by atoms with van der Waals surface area (Å²) in [5.41, 5.74) is 8.76. The van der Waals surface area contributed by atoms with Gasteiger partial charge >= 0.3 is 0 Å². The first-order valence-corrected chi connectivity index (χ1v) is 5.88. The molecule has 2 rings (SSSR count). The van der Waals surface area contributed by atoms with Gasteiger partial charge in [0.15, 0.2) is 0 Å². The third-order valence-corrected chi connectivity index (χ3v) is 3.43. The Morgan fingerprint density at radius 1 is 1.33 bits per heavy atom. The van der Waals surface area contributed by atoms with Crippen molar-refractivity contribution >= 4 is 0 Å². The van der Waals surface area contributed by atoms with Crippen LogP contribution in [0, 0.1) is 0 Å². The summed E-state index contributed by atoms with van der Waals surface area (Å²) in [4.78, 5) is 4.53. The number of hydrogen-bond acceptors (Lipinski definition) is 2. The van der Waals surface area contributed by atoms with E-state index < -0.39 is 0 Å². The molecule has 1 aliphatic rings. The maximum atomic E-state index is 6.46. The molecule has 1 aromatic heterocycles. The van der Waals surface area contributed by atoms with Gasteiger partial charge in [-0.3, -0.25) is 4.98 Å². The van der Waals surface area contributed by atoms with Gasteiger partial charge in [0.2, 0.25) is 0 Å². The minimum Gasteiger partial charge on any atom is -0.320 e. The average molecular weight is 204 g/mol. The maximum absolute atomic E-state index is 6.46. The first kappa shape index (κ1) is 10.6. The summed E-state index contributed by atoms with van der Waals surface area (Å²) >= 11 is 0. The van der Waals surface area contributed by atoms with Crippen molar-refractivity contribution in [3.05, 3.63) is 29.6 Å². The van der Waals surface area contributed by atoms with E-state index >= 15 is 0 Å². The zero-order chi connectivity index (χ0) is 10.9. The van der Waals surface area contributed by atoms with Crippen LogP contribution < -0.4 is 5.73 Å². The Hall–Kier alpha value is -0.890. The van der Waals surface area contributed by atoms with Crippen LogP contribution in [0.2, 0.25) is 0 Å². The van der Waals surface area contributed by atoms with E-state index in [1.54, 1.807) is 0 Å². The van der Waals surface area contributed by atoms with Gasteiger partial charge < -0.3 is 5.73 Å². The van der Waals surface area contributed by atoms with Crippen molar-refractivity contribution in [2.45, 2.75) is 51.0 Å². The Morgan fingerprint density at radius 3 is 2.60 bits per heavy atom. The number of aromatic nitrogens is 1. The average Bonchev–Trinajstić information content (AvgIpc) is 2.66. The quantitative estimate of drug-likeness (QED) is 0.804. The summed E-state index contributed by atoms with van der Waals surface area (Å²) < 4.78 is 0. The number of hydrogen-bond donors (Lipinski definition) is 1. The first-order valence-electron chi connectivity index (χ1n) is 5.88. The van der Waals surface area contributed by atoms with Gasteiger partial charge in [0, 0.05) is 6.20 Å². The van der Waals surface area contributed by atoms with E-state index in [-0.39, 0.29) is 5.54 Å². The van der Waals surface area contributed by atoms with Gasteiger partial charge in [0.25, 0.3) is 0 Å². The minimum atomic E-state index is -0.152. The molecule has 0 amide bonds. The predicted octanol–water partition coefficient (Wildman–Crippen LogP) is 2.93. The van der Waals surface area contributed by atoms with Crippen LogP contribution in [0.5, 0.6) is 0 Å². The molecule has 1 aliphatic carbocycles. The topological polar surface area (TPSA) is 38.9 Å². The molecule has 0 atom stereocenters. The van der Waals surface area contributed by atoms with Crippen molar-refractivity contribution in [1.82, 2.24) is 4.98 Å². The van der Waals surface area contributed by atoms with Gasteiger partial charge in [-0.15, -0.1) is 0 Å². The second-order valence-corrected chi connectivity index (χ2v) is 4.96. The second-order valence-electron chi connectivity index (χ2n) is 4.96. The van der Waals surface area contributed by atoms with Crippen LogP contribution in [0.1, 0.15) is 56.7 Å². The number of pyridine rings is 1. The zero-order valence-corrected chi connectivity index (χ0v) is 9.66. The normalized spacial score (nSPS) is 19.7. The number of rotatable bonds is 2. The van der Waals surface area contributed by atoms with Crippen LogP contribution in [-0.4, -0.2) is 4.98 Å². The van der Waals surface area contributed by atoms with Crippen molar-refractivity contribution in [3.8, 4) is 0 Å². The first-order chi connectivity index (χ1) is 7.13. The van der Waals surface area contributed by atoms with Crippen molar-refractivity contribution in [1.29, 1.82) is 0 Å². The molecule has 0 bridgehead atoms. The highest BCUT2D eigenvalue weighted by Crippen LogP contribution is 2.38. The fraction of sp³-hybridized carbons (Fsp3) is 0.615. The van der Waals surface area contributed by atoms with E-state index in [4.69, 9.17) is 5.73 Å². The van der Waals surface area contributed by atoms with Crippen LogP contribution in [0.15, 0.2) is 18.3 Å². The fourth-order valence-electron chi connectivity index (χ4n) is 2.54. The SMILES string of the molecule is CC(C)c1cccnc1C1(N)CCCC1. The van der Waals surface area contributed by atoms with E-state index in [9.17, 15) is 0 Å². The molecule has 0 radical (unpaired) electrons. The molecule has 0 saturated heterocycles. The Labute approximate surface area is 91.9 Å². The van der Waals surface area contributed by atoms with Gasteiger partial charge in [-0.2, -0.15) is 0 Å². The molecule has 0 spiro atoms. The monoisotopic (exact) mass is 204 g/mol. The Bertz CT molecular complexity index is 338. The van der Waals surface area contributed by atoms with Crippen molar-refractivity contribution in [2.24, 2.45) is 5.73 Å². The van der Waals surface area contributed by atoms with Crippen molar-refractivity contribution < 1.29 is 0 Å². The summed E-state index contributed by atoms with van der Waals surface area (Å²) in [6, 6.07) is 4.18. The summed E-state index contributed by atoms with van der Waals surface area (Å²) in [6.45, 7) is 4.41. The highest BCUT2D eigenvalue weighted by Gasteiger charge is 2.34. The Morgan fingerprint density at radius 2 is 2.00 bits per heavy atom. The molecule has 0 aliphatic heterocycles. The maximum Gasteiger partial charge on any atom is 0.0636 e. The lowest BCUT2D eigenvalue weighted by molar-refractivity contribution is 0.440. The number of nitrogens with zero attached hydrogens (tertiary/aromatic N) is 1. The van der Waals surface area contributed by atoms with E-state index in [1.165, 1.54) is 18.4 Å². The van der Waals surface area contributed by atoms with Gasteiger partial charge in [-0.1, -0.05) is 32.8 Å². The highest BCUT2D eigenvalue weighted by molar-refractivity contribution is 5.30. The lowest BCUT2D eigenvalue weighted by atomic mass is 9.87. The van der Waals surface area contributed by atoms with E-state index in [2.05, 4.69) is 24.9 Å². The van der Waals surface area contributed by atoms with Gasteiger partial charge in [0.05, 0.1) is 11.2 Å². The molecule has 15 heavy (non-hydrogen) atoms. The largest absolute Gasteiger partial charge is 0.320 e. The lowest BCUT2D eigenvalue weighted by Gasteiger charge is -2.26. The smallest absolute Gasteiger partial charge is 0.0636 e. The molecular weight excluding hydrogens is 184 g/mol. The van der Waals surface area contributed by atoms with Gasteiger partial charge in [-0.05, 0) is 30.4 Å². The summed E-state index contributed by atoms with van der Waals surface area (Å²) in [7, 11) is 0. The fourth-order valence-corrected chi connectivity index (χ4v) is 2.54.